The number of aryl methyl sites for hydroxylation is 1. The Kier molecular flexibility index (Phi) is 5.24. The monoisotopic (exact) mass is 415 g/mol. The van der Waals surface area contributed by atoms with Crippen LogP contribution >= 0.6 is 0 Å². The molecule has 5 rings (SSSR count). The van der Waals surface area contributed by atoms with Crippen molar-refractivity contribution in [2.24, 2.45) is 0 Å². The van der Waals surface area contributed by atoms with E-state index in [1.165, 1.54) is 0 Å². The van der Waals surface area contributed by atoms with Gasteiger partial charge < -0.3 is 14.2 Å². The molecule has 1 atom stereocenters. The topological polar surface area (TPSA) is 86.4 Å². The van der Waals surface area contributed by atoms with Gasteiger partial charge in [0.1, 0.15) is 12.7 Å². The van der Waals surface area contributed by atoms with Crippen molar-refractivity contribution in [2.45, 2.75) is 19.1 Å². The van der Waals surface area contributed by atoms with E-state index < -0.39 is 0 Å². The lowest BCUT2D eigenvalue weighted by Gasteiger charge is -2.24. The van der Waals surface area contributed by atoms with Crippen LogP contribution in [-0.2, 0) is 22.4 Å². The molecule has 156 valence electrons. The van der Waals surface area contributed by atoms with Crippen molar-refractivity contribution < 1.29 is 14.2 Å². The Morgan fingerprint density at radius 1 is 1.16 bits per heavy atom. The molecule has 0 aliphatic carbocycles. The van der Waals surface area contributed by atoms with Crippen LogP contribution in [0.3, 0.4) is 0 Å². The summed E-state index contributed by atoms with van der Waals surface area (Å²) in [5.41, 5.74) is 5.12. The van der Waals surface area contributed by atoms with Gasteiger partial charge in [0.15, 0.2) is 0 Å². The fraction of sp³-hybridized carbons (Fsp3) is 0.292. The second-order valence-electron chi connectivity index (χ2n) is 7.57. The molecule has 2 aliphatic heterocycles. The maximum absolute atomic E-state index is 12.6. The molecule has 0 N–H and O–H groups in total. The zero-order valence-electron chi connectivity index (χ0n) is 16.9. The highest BCUT2D eigenvalue weighted by Crippen LogP contribution is 2.34. The third kappa shape index (κ3) is 3.83. The predicted octanol–water partition coefficient (Wildman–Crippen LogP) is 2.80. The van der Waals surface area contributed by atoms with Crippen LogP contribution in [0.4, 0.5) is 0 Å². The first-order valence-corrected chi connectivity index (χ1v) is 10.3. The zero-order valence-corrected chi connectivity index (χ0v) is 16.9. The van der Waals surface area contributed by atoms with E-state index in [1.807, 2.05) is 42.5 Å². The van der Waals surface area contributed by atoms with E-state index in [0.717, 1.165) is 34.4 Å². The molecule has 1 unspecified atom stereocenters. The van der Waals surface area contributed by atoms with Crippen LogP contribution in [0.1, 0.15) is 11.1 Å². The molecule has 2 aromatic carbocycles. The van der Waals surface area contributed by atoms with Crippen LogP contribution in [0.15, 0.2) is 53.3 Å². The summed E-state index contributed by atoms with van der Waals surface area (Å²) in [4.78, 5) is 16.7. The molecule has 1 saturated heterocycles. The van der Waals surface area contributed by atoms with Crippen molar-refractivity contribution in [3.8, 4) is 34.3 Å². The van der Waals surface area contributed by atoms with Crippen LogP contribution in [0.2, 0.25) is 0 Å². The highest BCUT2D eigenvalue weighted by Gasteiger charge is 2.21. The van der Waals surface area contributed by atoms with Crippen molar-refractivity contribution in [2.75, 3.05) is 26.4 Å². The number of nitriles is 1. The summed E-state index contributed by atoms with van der Waals surface area (Å²) in [6, 6.07) is 17.7. The highest BCUT2D eigenvalue weighted by atomic mass is 16.6. The summed E-state index contributed by atoms with van der Waals surface area (Å²) in [6.07, 6.45) is 0.560. The Hall–Kier alpha value is -3.47. The van der Waals surface area contributed by atoms with E-state index in [9.17, 15) is 10.1 Å². The number of benzene rings is 2. The summed E-state index contributed by atoms with van der Waals surface area (Å²) in [5, 5.41) is 9.43. The summed E-state index contributed by atoms with van der Waals surface area (Å²) in [5.74, 6) is 0.289. The predicted molar refractivity (Wildman–Crippen MR) is 114 cm³/mol. The van der Waals surface area contributed by atoms with E-state index in [4.69, 9.17) is 14.2 Å². The van der Waals surface area contributed by atoms with E-state index >= 15 is 0 Å². The third-order valence-electron chi connectivity index (χ3n) is 5.63. The van der Waals surface area contributed by atoms with Gasteiger partial charge in [-0.2, -0.15) is 10.2 Å². The van der Waals surface area contributed by atoms with Crippen molar-refractivity contribution in [1.29, 1.82) is 5.26 Å². The highest BCUT2D eigenvalue weighted by molar-refractivity contribution is 5.76. The lowest BCUT2D eigenvalue weighted by atomic mass is 9.92. The molecule has 3 aromatic rings. The molecule has 31 heavy (non-hydrogen) atoms. The lowest BCUT2D eigenvalue weighted by molar-refractivity contribution is -0.102. The van der Waals surface area contributed by atoms with Crippen LogP contribution in [0, 0.1) is 11.3 Å². The van der Waals surface area contributed by atoms with Crippen LogP contribution in [0.5, 0.6) is 5.88 Å². The van der Waals surface area contributed by atoms with E-state index in [0.29, 0.717) is 31.9 Å². The quantitative estimate of drug-likeness (QED) is 0.651. The molecule has 1 aromatic heterocycles. The Labute approximate surface area is 179 Å². The van der Waals surface area contributed by atoms with Gasteiger partial charge in [0.25, 0.3) is 0 Å². The standard InChI is InChI=1S/C24H21N3O4/c25-13-18-3-1-2-4-20(18)16-5-6-21-17(11-16)7-8-27-22(21)12-23(26-24(27)28)31-15-19-14-29-9-10-30-19/h1-6,11-12,19H,7-10,14-15H2. The molecule has 2 aliphatic rings. The molecule has 0 amide bonds. The molecular formula is C24H21N3O4. The molecule has 0 saturated carbocycles. The number of hydrogen-bond donors (Lipinski definition) is 0. The van der Waals surface area contributed by atoms with Crippen LogP contribution in [-0.4, -0.2) is 42.1 Å². The molecular weight excluding hydrogens is 394 g/mol. The first-order chi connectivity index (χ1) is 15.2. The molecule has 7 heteroatoms. The third-order valence-corrected chi connectivity index (χ3v) is 5.63. The zero-order chi connectivity index (χ0) is 21.2. The average Bonchev–Trinajstić information content (AvgIpc) is 2.83. The summed E-state index contributed by atoms with van der Waals surface area (Å²) < 4.78 is 18.4. The van der Waals surface area contributed by atoms with Crippen LogP contribution < -0.4 is 10.4 Å². The molecule has 3 heterocycles. The second kappa shape index (κ2) is 8.34. The van der Waals surface area contributed by atoms with Gasteiger partial charge in [0, 0.05) is 18.2 Å². The second-order valence-corrected chi connectivity index (χ2v) is 7.57. The number of aromatic nitrogens is 2. The van der Waals surface area contributed by atoms with Gasteiger partial charge in [0.2, 0.25) is 5.88 Å². The van der Waals surface area contributed by atoms with E-state index in [-0.39, 0.29) is 24.3 Å². The average molecular weight is 415 g/mol. The van der Waals surface area contributed by atoms with Crippen molar-refractivity contribution in [3.05, 3.63) is 70.1 Å². The fourth-order valence-corrected chi connectivity index (χ4v) is 4.09. The normalized spacial score (nSPS) is 17.3. The first kappa shape index (κ1) is 19.5. The maximum atomic E-state index is 12.6. The Balaban J connectivity index is 1.47. The Morgan fingerprint density at radius 3 is 2.90 bits per heavy atom. The number of fused-ring (bicyclic) bond motifs is 3. The van der Waals surface area contributed by atoms with Gasteiger partial charge in [-0.1, -0.05) is 36.4 Å². The maximum Gasteiger partial charge on any atom is 0.351 e. The van der Waals surface area contributed by atoms with Gasteiger partial charge >= 0.3 is 5.69 Å². The smallest absolute Gasteiger partial charge is 0.351 e. The van der Waals surface area contributed by atoms with Gasteiger partial charge in [0.05, 0.1) is 37.1 Å². The molecule has 0 spiro atoms. The lowest BCUT2D eigenvalue weighted by Crippen LogP contribution is -2.34. The van der Waals surface area contributed by atoms with Crippen molar-refractivity contribution >= 4 is 0 Å². The molecule has 7 nitrogen and oxygen atoms in total. The minimum Gasteiger partial charge on any atom is -0.475 e. The number of ether oxygens (including phenoxy) is 3. The first-order valence-electron chi connectivity index (χ1n) is 10.3. The van der Waals surface area contributed by atoms with Crippen molar-refractivity contribution in [3.63, 3.8) is 0 Å². The molecule has 0 radical (unpaired) electrons. The van der Waals surface area contributed by atoms with Crippen LogP contribution in [0.25, 0.3) is 22.4 Å². The van der Waals surface area contributed by atoms with Gasteiger partial charge in [-0.25, -0.2) is 4.79 Å². The minimum absolute atomic E-state index is 0.163. The summed E-state index contributed by atoms with van der Waals surface area (Å²) in [6.45, 7) is 2.44. The van der Waals surface area contributed by atoms with E-state index in [2.05, 4.69) is 17.1 Å². The van der Waals surface area contributed by atoms with Gasteiger partial charge in [-0.3, -0.25) is 4.57 Å². The van der Waals surface area contributed by atoms with Gasteiger partial charge in [-0.15, -0.1) is 0 Å². The molecule has 1 fully saturated rings. The van der Waals surface area contributed by atoms with Crippen molar-refractivity contribution in [1.82, 2.24) is 9.55 Å². The summed E-state index contributed by atoms with van der Waals surface area (Å²) in [7, 11) is 0. The number of hydrogen-bond acceptors (Lipinski definition) is 6. The van der Waals surface area contributed by atoms with Gasteiger partial charge in [-0.05, 0) is 29.2 Å². The largest absolute Gasteiger partial charge is 0.475 e. The Bertz CT molecular complexity index is 1220. The summed E-state index contributed by atoms with van der Waals surface area (Å²) >= 11 is 0. The van der Waals surface area contributed by atoms with E-state index in [1.54, 1.807) is 4.57 Å². The number of nitrogens with zero attached hydrogens (tertiary/aromatic N) is 3. The minimum atomic E-state index is -0.321. The molecule has 0 bridgehead atoms. The number of rotatable bonds is 4. The SMILES string of the molecule is N#Cc1ccccc1-c1ccc2c(c1)CCn1c-2cc(OCC2COCCO2)nc1=O. The fourth-order valence-electron chi connectivity index (χ4n) is 4.09. The Morgan fingerprint density at radius 2 is 2.06 bits per heavy atom.